The summed E-state index contributed by atoms with van der Waals surface area (Å²) in [6.07, 6.45) is 6.16. The molecule has 3 aromatic rings. The van der Waals surface area contributed by atoms with Crippen LogP contribution < -0.4 is 9.25 Å². The molecule has 1 aliphatic rings. The molecule has 0 N–H and O–H groups in total. The van der Waals surface area contributed by atoms with Gasteiger partial charge < -0.3 is 4.74 Å². The predicted molar refractivity (Wildman–Crippen MR) is 131 cm³/mol. The third-order valence-corrected chi connectivity index (χ3v) is 8.04. The molecule has 0 fully saturated rings. The maximum atomic E-state index is 15.6. The molecule has 8 heteroatoms. The summed E-state index contributed by atoms with van der Waals surface area (Å²) < 4.78 is 41.4. The Morgan fingerprint density at radius 1 is 1.22 bits per heavy atom. The van der Waals surface area contributed by atoms with E-state index in [0.717, 1.165) is 30.5 Å². The topological polar surface area (TPSA) is 51.9 Å². The Morgan fingerprint density at radius 2 is 1.94 bits per heavy atom. The zero-order chi connectivity index (χ0) is 26.2. The van der Waals surface area contributed by atoms with Crippen LogP contribution in [0.2, 0.25) is 0 Å². The Balaban J connectivity index is 2.09. The average Bonchev–Trinajstić information content (AvgIpc) is 3.09. The van der Waals surface area contributed by atoms with Gasteiger partial charge in [0.2, 0.25) is 30.2 Å². The number of rotatable bonds is 7. The largest absolute Gasteiger partial charge is 0.461 e. The number of ether oxygens (including phenoxy) is 1. The molecule has 1 aliphatic heterocycles. The molecule has 6 nitrogen and oxygen atoms in total. The third-order valence-electron chi connectivity index (χ3n) is 8.04. The van der Waals surface area contributed by atoms with Crippen LogP contribution in [0.1, 0.15) is 79.8 Å². The number of methoxy groups -OCH3 is 1. The van der Waals surface area contributed by atoms with Gasteiger partial charge in [0.15, 0.2) is 6.20 Å². The highest BCUT2D eigenvalue weighted by atomic mass is 19.1. The molecule has 36 heavy (non-hydrogen) atoms. The lowest BCUT2D eigenvalue weighted by Gasteiger charge is -2.34. The molecule has 0 saturated heterocycles. The summed E-state index contributed by atoms with van der Waals surface area (Å²) in [5.41, 5.74) is 3.33. The van der Waals surface area contributed by atoms with Crippen molar-refractivity contribution in [3.8, 4) is 11.3 Å². The van der Waals surface area contributed by atoms with Gasteiger partial charge in [-0.05, 0) is 49.8 Å². The van der Waals surface area contributed by atoms with Crippen LogP contribution in [0.25, 0.3) is 11.3 Å². The zero-order valence-corrected chi connectivity index (χ0v) is 22.1. The lowest BCUT2D eigenvalue weighted by Crippen LogP contribution is -2.62. The fourth-order valence-corrected chi connectivity index (χ4v) is 5.88. The van der Waals surface area contributed by atoms with Gasteiger partial charge >= 0.3 is 11.7 Å². The average molecular weight is 499 g/mol. The van der Waals surface area contributed by atoms with Crippen molar-refractivity contribution in [3.63, 3.8) is 0 Å². The summed E-state index contributed by atoms with van der Waals surface area (Å²) in [6, 6.07) is 6.95. The lowest BCUT2D eigenvalue weighted by molar-refractivity contribution is -0.847. The normalized spacial score (nSPS) is 16.3. The highest BCUT2D eigenvalue weighted by molar-refractivity contribution is 5.85. The Morgan fingerprint density at radius 3 is 2.58 bits per heavy atom. The molecule has 4 heterocycles. The number of aromatic nitrogens is 4. The SMILES string of the molecule is CCCCc1cc[n+]2c(c1)-c1c(cc(F)nc1F)C(CC)(CC)C([n+]1c(C(=O)OC)cc(C)n1C)C2. The maximum Gasteiger partial charge on any atom is 0.405 e. The van der Waals surface area contributed by atoms with Gasteiger partial charge in [0.05, 0.1) is 25.3 Å². The van der Waals surface area contributed by atoms with Crippen LogP contribution in [-0.2, 0) is 30.2 Å². The van der Waals surface area contributed by atoms with Gasteiger partial charge in [0.25, 0.3) is 0 Å². The molecule has 1 atom stereocenters. The van der Waals surface area contributed by atoms with Gasteiger partial charge in [-0.1, -0.05) is 31.9 Å². The number of esters is 1. The summed E-state index contributed by atoms with van der Waals surface area (Å²) in [7, 11) is 3.26. The number of fused-ring (bicyclic) bond motifs is 3. The standard InChI is InChI=1S/C28H36F2N4O2/c1-7-10-11-19-12-13-33-17-23(34-22(27(35)36-6)14-18(4)32(34)5)28(8-2,9-3)20-16-24(29)31-26(30)25(20)21(33)15-19/h12-16,23H,7-11,17H2,1-6H3/q+2. The van der Waals surface area contributed by atoms with Gasteiger partial charge in [0, 0.05) is 18.2 Å². The molecule has 192 valence electrons. The lowest BCUT2D eigenvalue weighted by atomic mass is 9.69. The van der Waals surface area contributed by atoms with E-state index >= 15 is 4.39 Å². The second-order valence-electron chi connectivity index (χ2n) is 9.74. The smallest absolute Gasteiger partial charge is 0.405 e. The third kappa shape index (κ3) is 4.10. The highest BCUT2D eigenvalue weighted by Gasteiger charge is 2.54. The molecule has 0 radical (unpaired) electrons. The van der Waals surface area contributed by atoms with Crippen LogP contribution in [0.15, 0.2) is 30.5 Å². The minimum Gasteiger partial charge on any atom is -0.461 e. The van der Waals surface area contributed by atoms with Crippen molar-refractivity contribution in [3.05, 3.63) is 64.9 Å². The van der Waals surface area contributed by atoms with E-state index in [0.29, 0.717) is 41.9 Å². The van der Waals surface area contributed by atoms with Gasteiger partial charge in [-0.25, -0.2) is 4.79 Å². The van der Waals surface area contributed by atoms with Crippen LogP contribution in [0, 0.1) is 18.8 Å². The summed E-state index contributed by atoms with van der Waals surface area (Å²) in [5, 5.41) is 0. The molecule has 3 aromatic heterocycles. The number of hydrogen-bond acceptors (Lipinski definition) is 3. The molecular formula is C28H36F2N4O2+2. The van der Waals surface area contributed by atoms with Crippen molar-refractivity contribution in [1.29, 1.82) is 0 Å². The van der Waals surface area contributed by atoms with E-state index < -0.39 is 23.3 Å². The first-order valence-electron chi connectivity index (χ1n) is 12.8. The van der Waals surface area contributed by atoms with E-state index in [2.05, 4.69) is 18.0 Å². The predicted octanol–water partition coefficient (Wildman–Crippen LogP) is 4.69. The van der Waals surface area contributed by atoms with Gasteiger partial charge in [-0.15, -0.1) is 0 Å². The van der Waals surface area contributed by atoms with E-state index in [9.17, 15) is 9.18 Å². The van der Waals surface area contributed by atoms with Crippen LogP contribution in [0.3, 0.4) is 0 Å². The quantitative estimate of drug-likeness (QED) is 0.270. The van der Waals surface area contributed by atoms with Crippen LogP contribution >= 0.6 is 0 Å². The number of hydrogen-bond donors (Lipinski definition) is 0. The number of carbonyl (C=O) groups is 1. The monoisotopic (exact) mass is 498 g/mol. The van der Waals surface area contributed by atoms with E-state index in [-0.39, 0.29) is 6.04 Å². The van der Waals surface area contributed by atoms with Gasteiger partial charge in [0.1, 0.15) is 5.56 Å². The van der Waals surface area contributed by atoms with E-state index in [4.69, 9.17) is 4.74 Å². The number of unbranched alkanes of at least 4 members (excludes halogenated alkanes) is 1. The van der Waals surface area contributed by atoms with Crippen molar-refractivity contribution >= 4 is 5.97 Å². The second kappa shape index (κ2) is 10.1. The molecule has 4 rings (SSSR count). The fourth-order valence-electron chi connectivity index (χ4n) is 5.88. The molecule has 0 amide bonds. The number of nitrogens with zero attached hydrogens (tertiary/aromatic N) is 4. The molecule has 0 saturated carbocycles. The molecule has 0 bridgehead atoms. The number of carbonyl (C=O) groups excluding carboxylic acids is 1. The molecular weight excluding hydrogens is 462 g/mol. The Labute approximate surface area is 211 Å². The van der Waals surface area contributed by atoms with Gasteiger partial charge in [-0.2, -0.15) is 23.0 Å². The minimum atomic E-state index is -0.840. The highest BCUT2D eigenvalue weighted by Crippen LogP contribution is 2.46. The van der Waals surface area contributed by atoms with E-state index in [1.165, 1.54) is 13.2 Å². The van der Waals surface area contributed by atoms with Crippen molar-refractivity contribution in [1.82, 2.24) is 9.67 Å². The molecule has 0 aliphatic carbocycles. The Bertz CT molecular complexity index is 1300. The van der Waals surface area contributed by atoms with Crippen LogP contribution in [0.5, 0.6) is 0 Å². The number of aryl methyl sites for hydroxylation is 2. The van der Waals surface area contributed by atoms with Crippen molar-refractivity contribution in [2.75, 3.05) is 7.11 Å². The van der Waals surface area contributed by atoms with Crippen molar-refractivity contribution < 1.29 is 27.6 Å². The first-order valence-corrected chi connectivity index (χ1v) is 12.8. The zero-order valence-electron chi connectivity index (χ0n) is 22.1. The molecule has 0 aromatic carbocycles. The van der Waals surface area contributed by atoms with Crippen molar-refractivity contribution in [2.45, 2.75) is 77.8 Å². The minimum absolute atomic E-state index is 0.326. The first kappa shape index (κ1) is 25.9. The number of halogens is 2. The summed E-state index contributed by atoms with van der Waals surface area (Å²) in [5.74, 6) is -2.09. The summed E-state index contributed by atoms with van der Waals surface area (Å²) >= 11 is 0. The molecule has 1 unspecified atom stereocenters. The van der Waals surface area contributed by atoms with Gasteiger partial charge in [-0.3, -0.25) is 0 Å². The second-order valence-corrected chi connectivity index (χ2v) is 9.74. The van der Waals surface area contributed by atoms with Crippen LogP contribution in [-0.4, -0.2) is 22.7 Å². The van der Waals surface area contributed by atoms with E-state index in [1.54, 1.807) is 6.07 Å². The van der Waals surface area contributed by atoms with Crippen molar-refractivity contribution in [2.24, 2.45) is 7.05 Å². The Hall–Kier alpha value is -3.16. The molecule has 0 spiro atoms. The van der Waals surface area contributed by atoms with E-state index in [1.807, 2.05) is 54.0 Å². The fraction of sp³-hybridized carbons (Fsp3) is 0.500. The Kier molecular flexibility index (Phi) is 7.25. The number of pyridine rings is 2. The summed E-state index contributed by atoms with van der Waals surface area (Å²) in [4.78, 5) is 16.5. The maximum absolute atomic E-state index is 15.6. The first-order chi connectivity index (χ1) is 17.2. The van der Waals surface area contributed by atoms with Crippen LogP contribution in [0.4, 0.5) is 8.78 Å². The summed E-state index contributed by atoms with van der Waals surface area (Å²) in [6.45, 7) is 8.61.